The molecule has 0 N–H and O–H groups in total. The molecule has 0 rings (SSSR count). The van der Waals surface area contributed by atoms with Crippen LogP contribution in [0.25, 0.3) is 0 Å². The Morgan fingerprint density at radius 3 is 2.33 bits per heavy atom. The minimum atomic E-state index is -0.720. The van der Waals surface area contributed by atoms with Gasteiger partial charge in [-0.2, -0.15) is 0 Å². The first-order chi connectivity index (χ1) is 4.31. The second kappa shape index (κ2) is 6.30. The molecule has 0 saturated carbocycles. The SMILES string of the molecule is CCCO[SiH](C)CCC. The van der Waals surface area contributed by atoms with E-state index >= 15 is 0 Å². The van der Waals surface area contributed by atoms with E-state index in [1.165, 1.54) is 18.9 Å². The molecule has 0 aromatic rings. The molecule has 1 nitrogen and oxygen atoms in total. The van der Waals surface area contributed by atoms with Crippen molar-refractivity contribution in [2.45, 2.75) is 39.3 Å². The van der Waals surface area contributed by atoms with Crippen LogP contribution in [0.15, 0.2) is 0 Å². The highest BCUT2D eigenvalue weighted by atomic mass is 28.3. The zero-order chi connectivity index (χ0) is 7.11. The largest absolute Gasteiger partial charge is 0.420 e. The fourth-order valence-corrected chi connectivity index (χ4v) is 2.43. The summed E-state index contributed by atoms with van der Waals surface area (Å²) in [4.78, 5) is 0. The Labute approximate surface area is 60.1 Å². The molecule has 0 aliphatic heterocycles. The fraction of sp³-hybridized carbons (Fsp3) is 1.00. The molecule has 9 heavy (non-hydrogen) atoms. The monoisotopic (exact) mass is 146 g/mol. The summed E-state index contributed by atoms with van der Waals surface area (Å²) in [5.74, 6) is 0. The van der Waals surface area contributed by atoms with Gasteiger partial charge in [0.2, 0.25) is 0 Å². The highest BCUT2D eigenvalue weighted by Crippen LogP contribution is 1.98. The summed E-state index contributed by atoms with van der Waals surface area (Å²) in [6.45, 7) is 7.64. The normalized spacial score (nSPS) is 13.7. The van der Waals surface area contributed by atoms with Gasteiger partial charge in [-0.3, -0.25) is 0 Å². The zero-order valence-corrected chi connectivity index (χ0v) is 7.97. The summed E-state index contributed by atoms with van der Waals surface area (Å²) in [6, 6.07) is 1.33. The molecule has 0 saturated heterocycles. The lowest BCUT2D eigenvalue weighted by Crippen LogP contribution is -2.12. The Bertz CT molecular complexity index is 56.9. The summed E-state index contributed by atoms with van der Waals surface area (Å²) in [5.41, 5.74) is 0. The van der Waals surface area contributed by atoms with Crippen LogP contribution in [-0.4, -0.2) is 15.6 Å². The molecule has 0 aliphatic carbocycles. The third-order valence-corrected chi connectivity index (χ3v) is 3.50. The van der Waals surface area contributed by atoms with Crippen molar-refractivity contribution in [3.05, 3.63) is 0 Å². The van der Waals surface area contributed by atoms with E-state index in [4.69, 9.17) is 4.43 Å². The van der Waals surface area contributed by atoms with Gasteiger partial charge >= 0.3 is 0 Å². The second-order valence-corrected chi connectivity index (χ2v) is 5.00. The first-order valence-electron chi connectivity index (χ1n) is 3.92. The minimum Gasteiger partial charge on any atom is -0.420 e. The van der Waals surface area contributed by atoms with Crippen LogP contribution in [0.2, 0.25) is 12.6 Å². The molecule has 2 heteroatoms. The van der Waals surface area contributed by atoms with Crippen LogP contribution in [0.1, 0.15) is 26.7 Å². The van der Waals surface area contributed by atoms with E-state index in [-0.39, 0.29) is 0 Å². The number of hydrogen-bond acceptors (Lipinski definition) is 1. The van der Waals surface area contributed by atoms with Gasteiger partial charge in [0.15, 0.2) is 9.04 Å². The lowest BCUT2D eigenvalue weighted by atomic mass is 10.5. The quantitative estimate of drug-likeness (QED) is 0.540. The molecule has 56 valence electrons. The van der Waals surface area contributed by atoms with Crippen molar-refractivity contribution in [2.24, 2.45) is 0 Å². The Hall–Kier alpha value is 0.177. The van der Waals surface area contributed by atoms with Crippen LogP contribution in [-0.2, 0) is 4.43 Å². The highest BCUT2D eigenvalue weighted by Gasteiger charge is 2.00. The van der Waals surface area contributed by atoms with Gasteiger partial charge in [-0.1, -0.05) is 20.3 Å². The zero-order valence-electron chi connectivity index (χ0n) is 6.81. The summed E-state index contributed by atoms with van der Waals surface area (Å²) < 4.78 is 5.57. The molecule has 0 radical (unpaired) electrons. The first-order valence-corrected chi connectivity index (χ1v) is 6.37. The van der Waals surface area contributed by atoms with Gasteiger partial charge in [0.05, 0.1) is 0 Å². The van der Waals surface area contributed by atoms with Gasteiger partial charge in [0.1, 0.15) is 0 Å². The van der Waals surface area contributed by atoms with E-state index in [2.05, 4.69) is 20.4 Å². The molecule has 0 amide bonds. The predicted molar refractivity (Wildman–Crippen MR) is 44.4 cm³/mol. The van der Waals surface area contributed by atoms with Gasteiger partial charge in [-0.25, -0.2) is 0 Å². The van der Waals surface area contributed by atoms with Gasteiger partial charge in [0, 0.05) is 6.61 Å². The van der Waals surface area contributed by atoms with Gasteiger partial charge < -0.3 is 4.43 Å². The Morgan fingerprint density at radius 1 is 1.22 bits per heavy atom. The molecule has 0 spiro atoms. The summed E-state index contributed by atoms with van der Waals surface area (Å²) in [7, 11) is -0.720. The molecule has 1 atom stereocenters. The van der Waals surface area contributed by atoms with Crippen molar-refractivity contribution in [3.8, 4) is 0 Å². The molecule has 1 unspecified atom stereocenters. The highest BCUT2D eigenvalue weighted by molar-refractivity contribution is 6.50. The molecule has 0 fully saturated rings. The van der Waals surface area contributed by atoms with Crippen molar-refractivity contribution in [2.75, 3.05) is 6.61 Å². The Balaban J connectivity index is 2.95. The van der Waals surface area contributed by atoms with E-state index < -0.39 is 9.04 Å². The molecule has 0 aromatic carbocycles. The molecule has 0 aliphatic rings. The van der Waals surface area contributed by atoms with Gasteiger partial charge in [0.25, 0.3) is 0 Å². The average Bonchev–Trinajstić information content (AvgIpc) is 1.85. The fourth-order valence-electron chi connectivity index (χ4n) is 0.809. The maximum Gasteiger partial charge on any atom is 0.173 e. The van der Waals surface area contributed by atoms with Crippen molar-refractivity contribution in [3.63, 3.8) is 0 Å². The average molecular weight is 146 g/mol. The lowest BCUT2D eigenvalue weighted by molar-refractivity contribution is 0.321. The van der Waals surface area contributed by atoms with Crippen LogP contribution >= 0.6 is 0 Å². The smallest absolute Gasteiger partial charge is 0.173 e. The maximum absolute atomic E-state index is 5.57. The van der Waals surface area contributed by atoms with E-state index in [9.17, 15) is 0 Å². The molecular weight excluding hydrogens is 128 g/mol. The van der Waals surface area contributed by atoms with Crippen LogP contribution in [0, 0.1) is 0 Å². The van der Waals surface area contributed by atoms with Crippen molar-refractivity contribution >= 4 is 9.04 Å². The maximum atomic E-state index is 5.57. The molecule has 0 heterocycles. The summed E-state index contributed by atoms with van der Waals surface area (Å²) in [5, 5.41) is 0. The van der Waals surface area contributed by atoms with Crippen LogP contribution < -0.4 is 0 Å². The first kappa shape index (κ1) is 9.18. The van der Waals surface area contributed by atoms with E-state index in [1.807, 2.05) is 0 Å². The third-order valence-electron chi connectivity index (χ3n) is 1.30. The summed E-state index contributed by atoms with van der Waals surface area (Å²) in [6.07, 6.45) is 2.46. The van der Waals surface area contributed by atoms with Crippen LogP contribution in [0.5, 0.6) is 0 Å². The third kappa shape index (κ3) is 6.06. The van der Waals surface area contributed by atoms with Gasteiger partial charge in [-0.05, 0) is 19.0 Å². The Kier molecular flexibility index (Phi) is 6.42. The van der Waals surface area contributed by atoms with E-state index in [1.54, 1.807) is 0 Å². The van der Waals surface area contributed by atoms with Crippen molar-refractivity contribution < 1.29 is 4.43 Å². The molecule has 0 bridgehead atoms. The van der Waals surface area contributed by atoms with Crippen molar-refractivity contribution in [1.29, 1.82) is 0 Å². The standard InChI is InChI=1S/C7H18OSi/c1-4-6-8-9(3)7-5-2/h9H,4-7H2,1-3H3. The molecule has 0 aromatic heterocycles. The molecular formula is C7H18OSi. The Morgan fingerprint density at radius 2 is 1.89 bits per heavy atom. The summed E-state index contributed by atoms with van der Waals surface area (Å²) >= 11 is 0. The second-order valence-electron chi connectivity index (χ2n) is 2.47. The van der Waals surface area contributed by atoms with E-state index in [0.29, 0.717) is 0 Å². The number of rotatable bonds is 5. The minimum absolute atomic E-state index is 0.720. The lowest BCUT2D eigenvalue weighted by Gasteiger charge is -2.07. The predicted octanol–water partition coefficient (Wildman–Crippen LogP) is 2.18. The van der Waals surface area contributed by atoms with E-state index in [0.717, 1.165) is 6.61 Å². The van der Waals surface area contributed by atoms with Crippen LogP contribution in [0.4, 0.5) is 0 Å². The van der Waals surface area contributed by atoms with Crippen molar-refractivity contribution in [1.82, 2.24) is 0 Å². The topological polar surface area (TPSA) is 9.23 Å². The van der Waals surface area contributed by atoms with Crippen LogP contribution in [0.3, 0.4) is 0 Å². The number of hydrogen-bond donors (Lipinski definition) is 0. The van der Waals surface area contributed by atoms with Gasteiger partial charge in [-0.15, -0.1) is 0 Å².